The maximum atomic E-state index is 12.1. The third kappa shape index (κ3) is 3.43. The normalized spacial score (nSPS) is 29.1. The molecule has 0 N–H and O–H groups in total. The quantitative estimate of drug-likeness (QED) is 0.699. The minimum atomic E-state index is -2.20. The van der Waals surface area contributed by atoms with Crippen LogP contribution >= 0.6 is 11.8 Å². The zero-order chi connectivity index (χ0) is 9.84. The summed E-state index contributed by atoms with van der Waals surface area (Å²) in [6.45, 7) is -0.0776. The van der Waals surface area contributed by atoms with E-state index in [1.165, 1.54) is 6.42 Å². The summed E-state index contributed by atoms with van der Waals surface area (Å²) in [6.07, 6.45) is 3.23. The first-order valence-electron chi connectivity index (χ1n) is 4.64. The van der Waals surface area contributed by atoms with E-state index in [1.54, 1.807) is 11.9 Å². The zero-order valence-electron chi connectivity index (χ0n) is 8.17. The molecule has 0 saturated heterocycles. The Balaban J connectivity index is 2.28. The van der Waals surface area contributed by atoms with Crippen LogP contribution < -0.4 is 0 Å². The summed E-state index contributed by atoms with van der Waals surface area (Å²) in [5, 5.41) is 0.685. The highest BCUT2D eigenvalue weighted by Gasteiger charge is 2.27. The Labute approximate surface area is 82.9 Å². The first kappa shape index (κ1) is 11.2. The lowest BCUT2D eigenvalue weighted by Crippen LogP contribution is -2.33. The highest BCUT2D eigenvalue weighted by atomic mass is 32.2. The molecule has 1 fully saturated rings. The molecule has 0 radical (unpaired) electrons. The molecule has 0 aromatic heterocycles. The molecule has 1 rings (SSSR count). The number of hydrogen-bond acceptors (Lipinski definition) is 2. The predicted octanol–water partition coefficient (Wildman–Crippen LogP) is 2.47. The van der Waals surface area contributed by atoms with Crippen molar-refractivity contribution in [1.29, 1.82) is 0 Å². The second-order valence-corrected chi connectivity index (χ2v) is 4.79. The first-order chi connectivity index (χ1) is 6.13. The van der Waals surface area contributed by atoms with E-state index >= 15 is 0 Å². The van der Waals surface area contributed by atoms with E-state index in [0.717, 1.165) is 12.8 Å². The highest BCUT2D eigenvalue weighted by molar-refractivity contribution is 7.99. The van der Waals surface area contributed by atoms with Crippen LogP contribution in [0.5, 0.6) is 0 Å². The maximum Gasteiger partial charge on any atom is 0.251 e. The summed E-state index contributed by atoms with van der Waals surface area (Å²) in [5.41, 5.74) is 0. The van der Waals surface area contributed by atoms with Crippen LogP contribution in [-0.4, -0.2) is 42.5 Å². The second-order valence-electron chi connectivity index (χ2n) is 3.66. The van der Waals surface area contributed by atoms with Gasteiger partial charge in [0.2, 0.25) is 0 Å². The largest absolute Gasteiger partial charge is 0.298 e. The molecule has 0 unspecified atom stereocenters. The average Bonchev–Trinajstić information content (AvgIpc) is 2.50. The van der Waals surface area contributed by atoms with Gasteiger partial charge < -0.3 is 0 Å². The Hall–Kier alpha value is 0.170. The fourth-order valence-electron chi connectivity index (χ4n) is 1.90. The summed E-state index contributed by atoms with van der Waals surface area (Å²) in [6, 6.07) is 0.381. The van der Waals surface area contributed by atoms with Crippen molar-refractivity contribution in [3.8, 4) is 0 Å². The van der Waals surface area contributed by atoms with Crippen molar-refractivity contribution in [2.45, 2.75) is 37.0 Å². The van der Waals surface area contributed by atoms with Gasteiger partial charge in [-0.2, -0.15) is 11.8 Å². The van der Waals surface area contributed by atoms with Crippen molar-refractivity contribution >= 4 is 11.8 Å². The molecule has 78 valence electrons. The van der Waals surface area contributed by atoms with Gasteiger partial charge in [0.15, 0.2) is 0 Å². The van der Waals surface area contributed by atoms with E-state index in [2.05, 4.69) is 6.26 Å². The van der Waals surface area contributed by atoms with Crippen molar-refractivity contribution in [2.75, 3.05) is 19.8 Å². The third-order valence-electron chi connectivity index (χ3n) is 2.74. The average molecular weight is 209 g/mol. The monoisotopic (exact) mass is 209 g/mol. The second kappa shape index (κ2) is 5.15. The number of hydrogen-bond donors (Lipinski definition) is 0. The lowest BCUT2D eigenvalue weighted by atomic mass is 10.2. The van der Waals surface area contributed by atoms with Crippen LogP contribution in [0.2, 0.25) is 0 Å². The minimum Gasteiger partial charge on any atom is -0.298 e. The van der Waals surface area contributed by atoms with Crippen molar-refractivity contribution in [1.82, 2.24) is 4.90 Å². The van der Waals surface area contributed by atoms with Crippen molar-refractivity contribution < 1.29 is 8.78 Å². The van der Waals surface area contributed by atoms with Gasteiger partial charge in [0.05, 0.1) is 6.54 Å². The topological polar surface area (TPSA) is 3.24 Å². The number of thioether (sulfide) groups is 1. The van der Waals surface area contributed by atoms with Gasteiger partial charge in [0, 0.05) is 11.3 Å². The molecule has 0 amide bonds. The van der Waals surface area contributed by atoms with Crippen LogP contribution in [0.1, 0.15) is 19.3 Å². The van der Waals surface area contributed by atoms with Crippen molar-refractivity contribution in [3.05, 3.63) is 0 Å². The van der Waals surface area contributed by atoms with Gasteiger partial charge >= 0.3 is 0 Å². The van der Waals surface area contributed by atoms with E-state index in [4.69, 9.17) is 0 Å². The van der Waals surface area contributed by atoms with Crippen LogP contribution in [-0.2, 0) is 0 Å². The van der Waals surface area contributed by atoms with Crippen molar-refractivity contribution in [3.63, 3.8) is 0 Å². The Bertz CT molecular complexity index is 155. The number of rotatable bonds is 4. The van der Waals surface area contributed by atoms with E-state index in [-0.39, 0.29) is 6.54 Å². The van der Waals surface area contributed by atoms with Crippen LogP contribution in [0.3, 0.4) is 0 Å². The molecule has 0 heterocycles. The molecule has 0 spiro atoms. The minimum absolute atomic E-state index is 0.0776. The Kier molecular flexibility index (Phi) is 4.46. The Morgan fingerprint density at radius 3 is 2.62 bits per heavy atom. The fraction of sp³-hybridized carbons (Fsp3) is 1.00. The summed E-state index contributed by atoms with van der Waals surface area (Å²) in [5.74, 6) is 0. The molecule has 1 nitrogen and oxygen atoms in total. The van der Waals surface area contributed by atoms with Gasteiger partial charge in [-0.05, 0) is 32.6 Å². The van der Waals surface area contributed by atoms with E-state index in [0.29, 0.717) is 11.3 Å². The number of alkyl halides is 2. The Morgan fingerprint density at radius 1 is 1.46 bits per heavy atom. The molecular formula is C9H17F2NS. The van der Waals surface area contributed by atoms with E-state index in [9.17, 15) is 8.78 Å². The van der Waals surface area contributed by atoms with Gasteiger partial charge in [-0.1, -0.05) is 0 Å². The maximum absolute atomic E-state index is 12.1. The lowest BCUT2D eigenvalue weighted by Gasteiger charge is -2.23. The molecule has 1 aliphatic carbocycles. The van der Waals surface area contributed by atoms with E-state index in [1.807, 2.05) is 11.8 Å². The molecular weight excluding hydrogens is 192 g/mol. The first-order valence-corrected chi connectivity index (χ1v) is 5.93. The van der Waals surface area contributed by atoms with Crippen LogP contribution in [0.15, 0.2) is 0 Å². The van der Waals surface area contributed by atoms with Gasteiger partial charge in [-0.25, -0.2) is 8.78 Å². The Morgan fingerprint density at radius 2 is 2.15 bits per heavy atom. The summed E-state index contributed by atoms with van der Waals surface area (Å²) in [4.78, 5) is 1.81. The molecule has 0 aromatic rings. The molecule has 0 aromatic carbocycles. The number of halogens is 2. The summed E-state index contributed by atoms with van der Waals surface area (Å²) in [7, 11) is 1.81. The molecule has 0 aliphatic heterocycles. The summed E-state index contributed by atoms with van der Waals surface area (Å²) >= 11 is 1.86. The zero-order valence-corrected chi connectivity index (χ0v) is 8.99. The van der Waals surface area contributed by atoms with Crippen LogP contribution in [0.25, 0.3) is 0 Å². The highest BCUT2D eigenvalue weighted by Crippen LogP contribution is 2.30. The molecule has 0 bridgehead atoms. The van der Waals surface area contributed by atoms with Gasteiger partial charge in [-0.3, -0.25) is 4.90 Å². The van der Waals surface area contributed by atoms with Crippen LogP contribution in [0, 0.1) is 0 Å². The molecule has 13 heavy (non-hydrogen) atoms. The fourth-order valence-corrected chi connectivity index (χ4v) is 2.69. The summed E-state index contributed by atoms with van der Waals surface area (Å²) < 4.78 is 24.1. The lowest BCUT2D eigenvalue weighted by molar-refractivity contribution is 0.0820. The molecule has 1 saturated carbocycles. The molecule has 2 atom stereocenters. The SMILES string of the molecule is CS[C@@H]1CC[C@@H](N(C)CC(F)F)C1. The molecule has 1 aliphatic rings. The van der Waals surface area contributed by atoms with E-state index < -0.39 is 6.43 Å². The standard InChI is InChI=1S/C9H17F2NS/c1-12(6-9(10)11)7-3-4-8(5-7)13-2/h7-9H,3-6H2,1-2H3/t7-,8-/m1/s1. The van der Waals surface area contributed by atoms with Gasteiger partial charge in [-0.15, -0.1) is 0 Å². The predicted molar refractivity (Wildman–Crippen MR) is 53.6 cm³/mol. The van der Waals surface area contributed by atoms with Crippen molar-refractivity contribution in [2.24, 2.45) is 0 Å². The molecule has 4 heteroatoms. The third-order valence-corrected chi connectivity index (χ3v) is 3.83. The van der Waals surface area contributed by atoms with Crippen LogP contribution in [0.4, 0.5) is 8.78 Å². The smallest absolute Gasteiger partial charge is 0.251 e. The van der Waals surface area contributed by atoms with Gasteiger partial charge in [0.1, 0.15) is 0 Å². The number of nitrogens with zero attached hydrogens (tertiary/aromatic N) is 1. The van der Waals surface area contributed by atoms with Gasteiger partial charge in [0.25, 0.3) is 6.43 Å².